The normalized spacial score (nSPS) is 15.1. The Labute approximate surface area is 222 Å². The SMILES string of the molecule is COc1ccc(Oc2ncc(NC[C@@H]3CCCN3C(=O)OC(C)(C)C)c(Oc3ccc(OC)cc3)n2)cc1. The molecule has 1 amide bonds. The Kier molecular flexibility index (Phi) is 8.40. The molecule has 0 unspecified atom stereocenters. The molecule has 1 atom stereocenters. The van der Waals surface area contributed by atoms with E-state index in [1.807, 2.05) is 20.8 Å². The monoisotopic (exact) mass is 522 g/mol. The first kappa shape index (κ1) is 26.8. The molecule has 1 saturated heterocycles. The van der Waals surface area contributed by atoms with E-state index in [9.17, 15) is 4.79 Å². The van der Waals surface area contributed by atoms with Gasteiger partial charge in [-0.15, -0.1) is 0 Å². The summed E-state index contributed by atoms with van der Waals surface area (Å²) >= 11 is 0. The summed E-state index contributed by atoms with van der Waals surface area (Å²) < 4.78 is 28.0. The number of anilines is 1. The molecule has 2 aromatic carbocycles. The van der Waals surface area contributed by atoms with E-state index in [2.05, 4.69) is 15.3 Å². The number of amides is 1. The van der Waals surface area contributed by atoms with Gasteiger partial charge in [-0.05, 0) is 82.1 Å². The molecule has 1 aromatic heterocycles. The third-order valence-electron chi connectivity index (χ3n) is 5.81. The average Bonchev–Trinajstić information content (AvgIpc) is 3.37. The number of nitrogens with zero attached hydrogens (tertiary/aromatic N) is 3. The van der Waals surface area contributed by atoms with Gasteiger partial charge in [0.25, 0.3) is 0 Å². The van der Waals surface area contributed by atoms with Gasteiger partial charge in [-0.3, -0.25) is 0 Å². The number of ether oxygens (including phenoxy) is 5. The molecule has 202 valence electrons. The second-order valence-electron chi connectivity index (χ2n) is 9.78. The molecule has 10 nitrogen and oxygen atoms in total. The number of carbonyl (C=O) groups is 1. The zero-order chi connectivity index (χ0) is 27.1. The molecule has 1 fully saturated rings. The van der Waals surface area contributed by atoms with Crippen LogP contribution in [0.25, 0.3) is 0 Å². The third kappa shape index (κ3) is 7.18. The predicted octanol–water partition coefficient (Wildman–Crippen LogP) is 5.89. The molecule has 38 heavy (non-hydrogen) atoms. The molecule has 0 saturated carbocycles. The minimum atomic E-state index is -0.551. The number of aromatic nitrogens is 2. The van der Waals surface area contributed by atoms with Crippen LogP contribution < -0.4 is 24.3 Å². The van der Waals surface area contributed by atoms with E-state index in [0.29, 0.717) is 41.8 Å². The number of nitrogens with one attached hydrogen (secondary N) is 1. The first-order valence-electron chi connectivity index (χ1n) is 12.5. The second-order valence-corrected chi connectivity index (χ2v) is 9.78. The number of rotatable bonds is 9. The molecule has 0 bridgehead atoms. The maximum absolute atomic E-state index is 12.7. The fraction of sp³-hybridized carbons (Fsp3) is 0.393. The fourth-order valence-electron chi connectivity index (χ4n) is 3.94. The van der Waals surface area contributed by atoms with Crippen molar-refractivity contribution in [2.75, 3.05) is 32.6 Å². The van der Waals surface area contributed by atoms with Crippen molar-refractivity contribution in [1.82, 2.24) is 14.9 Å². The highest BCUT2D eigenvalue weighted by molar-refractivity contribution is 5.69. The molecule has 1 N–H and O–H groups in total. The Morgan fingerprint density at radius 1 is 0.947 bits per heavy atom. The van der Waals surface area contributed by atoms with Gasteiger partial charge in [-0.25, -0.2) is 9.78 Å². The van der Waals surface area contributed by atoms with Gasteiger partial charge < -0.3 is 33.9 Å². The van der Waals surface area contributed by atoms with Gasteiger partial charge in [-0.1, -0.05) is 0 Å². The maximum Gasteiger partial charge on any atom is 0.410 e. The lowest BCUT2D eigenvalue weighted by atomic mass is 10.2. The summed E-state index contributed by atoms with van der Waals surface area (Å²) in [4.78, 5) is 23.3. The van der Waals surface area contributed by atoms with Crippen LogP contribution in [0.3, 0.4) is 0 Å². The van der Waals surface area contributed by atoms with Crippen LogP contribution in [0.2, 0.25) is 0 Å². The largest absolute Gasteiger partial charge is 0.497 e. The lowest BCUT2D eigenvalue weighted by molar-refractivity contribution is 0.0235. The van der Waals surface area contributed by atoms with Gasteiger partial charge in [-0.2, -0.15) is 4.98 Å². The number of hydrogen-bond donors (Lipinski definition) is 1. The molecule has 10 heteroatoms. The van der Waals surface area contributed by atoms with Gasteiger partial charge in [0.2, 0.25) is 5.88 Å². The highest BCUT2D eigenvalue weighted by Gasteiger charge is 2.32. The van der Waals surface area contributed by atoms with Crippen molar-refractivity contribution in [3.63, 3.8) is 0 Å². The van der Waals surface area contributed by atoms with Crippen molar-refractivity contribution < 1.29 is 28.5 Å². The molecule has 3 aromatic rings. The summed E-state index contributed by atoms with van der Waals surface area (Å²) in [6, 6.07) is 14.4. The van der Waals surface area contributed by atoms with Crippen molar-refractivity contribution in [3.05, 3.63) is 54.7 Å². The second kappa shape index (κ2) is 11.9. The topological polar surface area (TPSA) is 104 Å². The van der Waals surface area contributed by atoms with Gasteiger partial charge in [0.1, 0.15) is 34.3 Å². The smallest absolute Gasteiger partial charge is 0.410 e. The molecule has 1 aliphatic heterocycles. The van der Waals surface area contributed by atoms with Crippen LogP contribution in [0.5, 0.6) is 34.9 Å². The number of likely N-dealkylation sites (tertiary alicyclic amines) is 1. The van der Waals surface area contributed by atoms with Crippen molar-refractivity contribution >= 4 is 11.8 Å². The van der Waals surface area contributed by atoms with E-state index in [-0.39, 0.29) is 24.0 Å². The molecule has 2 heterocycles. The Hall–Kier alpha value is -4.21. The summed E-state index contributed by atoms with van der Waals surface area (Å²) in [5.74, 6) is 2.84. The van der Waals surface area contributed by atoms with Crippen molar-refractivity contribution in [3.8, 4) is 34.9 Å². The van der Waals surface area contributed by atoms with Gasteiger partial charge in [0, 0.05) is 13.1 Å². The fourth-order valence-corrected chi connectivity index (χ4v) is 3.94. The number of hydrogen-bond acceptors (Lipinski definition) is 9. The Balaban J connectivity index is 1.52. The first-order chi connectivity index (χ1) is 18.2. The minimum absolute atomic E-state index is 0.0334. The highest BCUT2D eigenvalue weighted by atomic mass is 16.6. The van der Waals surface area contributed by atoms with E-state index in [4.69, 9.17) is 23.7 Å². The standard InChI is InChI=1S/C28H34N4O6/c1-28(2,3)38-27(33)32-16-6-7-19(32)17-29-24-18-30-26(37-23-14-10-21(35-5)11-15-23)31-25(24)36-22-12-8-20(34-4)9-13-22/h8-15,18-19,29H,6-7,16-17H2,1-5H3/t19-/m0/s1. The summed E-state index contributed by atoms with van der Waals surface area (Å²) in [5.41, 5.74) is 0.0175. The minimum Gasteiger partial charge on any atom is -0.497 e. The summed E-state index contributed by atoms with van der Waals surface area (Å²) in [7, 11) is 3.21. The van der Waals surface area contributed by atoms with Crippen LogP contribution >= 0.6 is 0 Å². The number of methoxy groups -OCH3 is 2. The number of carbonyl (C=O) groups excluding carboxylic acids is 1. The molecule has 0 aliphatic carbocycles. The van der Waals surface area contributed by atoms with Crippen LogP contribution in [0.15, 0.2) is 54.7 Å². The van der Waals surface area contributed by atoms with Crippen LogP contribution in [0.4, 0.5) is 10.5 Å². The molecule has 1 aliphatic rings. The Bertz CT molecular complexity index is 1210. The summed E-state index contributed by atoms with van der Waals surface area (Å²) in [5, 5.41) is 3.36. The van der Waals surface area contributed by atoms with E-state index >= 15 is 0 Å². The molecular weight excluding hydrogens is 488 g/mol. The van der Waals surface area contributed by atoms with Gasteiger partial charge >= 0.3 is 12.1 Å². The lowest BCUT2D eigenvalue weighted by Crippen LogP contribution is -2.42. The molecule has 0 spiro atoms. The summed E-state index contributed by atoms with van der Waals surface area (Å²) in [6.45, 7) is 6.74. The maximum atomic E-state index is 12.7. The van der Waals surface area contributed by atoms with Crippen molar-refractivity contribution in [2.24, 2.45) is 0 Å². The summed E-state index contributed by atoms with van der Waals surface area (Å²) in [6.07, 6.45) is 3.07. The van der Waals surface area contributed by atoms with Gasteiger partial charge in [0.15, 0.2) is 0 Å². The Morgan fingerprint density at radius 2 is 1.53 bits per heavy atom. The predicted molar refractivity (Wildman–Crippen MR) is 143 cm³/mol. The van der Waals surface area contributed by atoms with Crippen LogP contribution in [-0.2, 0) is 4.74 Å². The van der Waals surface area contributed by atoms with Crippen LogP contribution in [0, 0.1) is 0 Å². The average molecular weight is 523 g/mol. The van der Waals surface area contributed by atoms with Crippen LogP contribution in [0.1, 0.15) is 33.6 Å². The molecule has 0 radical (unpaired) electrons. The highest BCUT2D eigenvalue weighted by Crippen LogP contribution is 2.32. The zero-order valence-corrected chi connectivity index (χ0v) is 22.4. The molecule has 4 rings (SSSR count). The van der Waals surface area contributed by atoms with E-state index in [0.717, 1.165) is 12.8 Å². The molecular formula is C28H34N4O6. The zero-order valence-electron chi connectivity index (χ0n) is 22.4. The van der Waals surface area contributed by atoms with E-state index in [1.54, 1.807) is 73.8 Å². The van der Waals surface area contributed by atoms with E-state index < -0.39 is 5.60 Å². The number of benzene rings is 2. The van der Waals surface area contributed by atoms with Crippen molar-refractivity contribution in [1.29, 1.82) is 0 Å². The Morgan fingerprint density at radius 3 is 2.11 bits per heavy atom. The van der Waals surface area contributed by atoms with Gasteiger partial charge in [0.05, 0.1) is 26.5 Å². The quantitative estimate of drug-likeness (QED) is 0.368. The third-order valence-corrected chi connectivity index (χ3v) is 5.81. The first-order valence-corrected chi connectivity index (χ1v) is 12.5. The van der Waals surface area contributed by atoms with Crippen molar-refractivity contribution in [2.45, 2.75) is 45.3 Å². The van der Waals surface area contributed by atoms with Crippen LogP contribution in [-0.4, -0.2) is 59.9 Å². The lowest BCUT2D eigenvalue weighted by Gasteiger charge is -2.29. The van der Waals surface area contributed by atoms with E-state index in [1.165, 1.54) is 0 Å².